The highest BCUT2D eigenvalue weighted by Gasteiger charge is 2.24. The molecule has 1 aromatic rings. The molecule has 1 saturated carbocycles. The normalized spacial score (nSPS) is 22.8. The third-order valence-corrected chi connectivity index (χ3v) is 4.23. The van der Waals surface area contributed by atoms with E-state index in [1.165, 1.54) is 24.6 Å². The molecule has 0 saturated heterocycles. The number of benzene rings is 1. The number of hydrogen-bond donors (Lipinski definition) is 2. The number of hydrogen-bond acceptors (Lipinski definition) is 2. The van der Waals surface area contributed by atoms with Crippen LogP contribution in [0.5, 0.6) is 0 Å². The number of carboxylic acids is 1. The van der Waals surface area contributed by atoms with Crippen molar-refractivity contribution in [1.82, 2.24) is 0 Å². The Morgan fingerprint density at radius 2 is 2.15 bits per heavy atom. The molecule has 0 aromatic heterocycles. The van der Waals surface area contributed by atoms with Crippen molar-refractivity contribution in [2.24, 2.45) is 11.8 Å². The number of carboxylic acid groups (broad SMARTS) is 1. The molecule has 1 aromatic carbocycles. The van der Waals surface area contributed by atoms with E-state index in [0.717, 1.165) is 19.3 Å². The van der Waals surface area contributed by atoms with Gasteiger partial charge < -0.3 is 10.4 Å². The van der Waals surface area contributed by atoms with Crippen molar-refractivity contribution in [2.75, 3.05) is 5.32 Å². The Hall–Kier alpha value is -1.58. The minimum absolute atomic E-state index is 0.116. The summed E-state index contributed by atoms with van der Waals surface area (Å²) in [6.07, 6.45) is 4.41. The van der Waals surface area contributed by atoms with E-state index in [4.69, 9.17) is 5.11 Å². The molecule has 1 fully saturated rings. The number of rotatable bonds is 4. The van der Waals surface area contributed by atoms with Gasteiger partial charge in [-0.3, -0.25) is 0 Å². The SMILES string of the molecule is CC(C)C1CCCC(Nc2cc(C(=O)O)ccc2F)C1. The quantitative estimate of drug-likeness (QED) is 0.870. The number of halogens is 1. The molecule has 0 heterocycles. The zero-order valence-electron chi connectivity index (χ0n) is 12.0. The lowest BCUT2D eigenvalue weighted by molar-refractivity contribution is 0.0697. The van der Waals surface area contributed by atoms with Crippen molar-refractivity contribution in [1.29, 1.82) is 0 Å². The van der Waals surface area contributed by atoms with Crippen molar-refractivity contribution in [3.63, 3.8) is 0 Å². The molecule has 2 N–H and O–H groups in total. The van der Waals surface area contributed by atoms with Gasteiger partial charge in [0.05, 0.1) is 11.3 Å². The lowest BCUT2D eigenvalue weighted by atomic mass is 9.79. The van der Waals surface area contributed by atoms with Gasteiger partial charge in [-0.25, -0.2) is 9.18 Å². The molecule has 2 atom stereocenters. The van der Waals surface area contributed by atoms with Gasteiger partial charge in [0.1, 0.15) is 5.82 Å². The van der Waals surface area contributed by atoms with Gasteiger partial charge in [0.15, 0.2) is 0 Å². The highest BCUT2D eigenvalue weighted by atomic mass is 19.1. The van der Waals surface area contributed by atoms with Gasteiger partial charge in [0.2, 0.25) is 0 Å². The fourth-order valence-electron chi connectivity index (χ4n) is 2.95. The van der Waals surface area contributed by atoms with E-state index in [9.17, 15) is 9.18 Å². The molecule has 3 nitrogen and oxygen atoms in total. The lowest BCUT2D eigenvalue weighted by Gasteiger charge is -2.32. The van der Waals surface area contributed by atoms with Crippen LogP contribution in [-0.4, -0.2) is 17.1 Å². The summed E-state index contributed by atoms with van der Waals surface area (Å²) in [5, 5.41) is 12.2. The van der Waals surface area contributed by atoms with E-state index in [0.29, 0.717) is 17.5 Å². The molecule has 2 rings (SSSR count). The van der Waals surface area contributed by atoms with Gasteiger partial charge >= 0.3 is 5.97 Å². The molecule has 110 valence electrons. The van der Waals surface area contributed by atoms with Gasteiger partial charge in [0.25, 0.3) is 0 Å². The fraction of sp³-hybridized carbons (Fsp3) is 0.562. The monoisotopic (exact) mass is 279 g/mol. The molecule has 2 unspecified atom stereocenters. The first-order valence-corrected chi connectivity index (χ1v) is 7.26. The third-order valence-electron chi connectivity index (χ3n) is 4.23. The van der Waals surface area contributed by atoms with Crippen LogP contribution in [0, 0.1) is 17.7 Å². The van der Waals surface area contributed by atoms with E-state index in [1.54, 1.807) is 0 Å². The number of nitrogens with one attached hydrogen (secondary N) is 1. The molecular weight excluding hydrogens is 257 g/mol. The maximum absolute atomic E-state index is 13.8. The van der Waals surface area contributed by atoms with E-state index in [1.807, 2.05) is 0 Å². The smallest absolute Gasteiger partial charge is 0.335 e. The van der Waals surface area contributed by atoms with Crippen molar-refractivity contribution < 1.29 is 14.3 Å². The number of anilines is 1. The summed E-state index contributed by atoms with van der Waals surface area (Å²) in [6.45, 7) is 4.44. The summed E-state index contributed by atoms with van der Waals surface area (Å²) in [4.78, 5) is 10.9. The fourth-order valence-corrected chi connectivity index (χ4v) is 2.95. The standard InChI is InChI=1S/C16H22FNO2/c1-10(2)11-4-3-5-13(8-11)18-15-9-12(16(19)20)6-7-14(15)17/h6-7,9-11,13,18H,3-5,8H2,1-2H3,(H,19,20). The molecule has 0 bridgehead atoms. The predicted octanol–water partition coefficient (Wildman–Crippen LogP) is 4.15. The van der Waals surface area contributed by atoms with E-state index in [-0.39, 0.29) is 17.4 Å². The maximum Gasteiger partial charge on any atom is 0.335 e. The Morgan fingerprint density at radius 3 is 2.80 bits per heavy atom. The van der Waals surface area contributed by atoms with Crippen LogP contribution in [0.3, 0.4) is 0 Å². The average molecular weight is 279 g/mol. The van der Waals surface area contributed by atoms with Crippen molar-refractivity contribution in [3.8, 4) is 0 Å². The summed E-state index contributed by atoms with van der Waals surface area (Å²) < 4.78 is 13.8. The summed E-state index contributed by atoms with van der Waals surface area (Å²) >= 11 is 0. The lowest BCUT2D eigenvalue weighted by Crippen LogP contribution is -2.29. The van der Waals surface area contributed by atoms with Crippen LogP contribution >= 0.6 is 0 Å². The zero-order chi connectivity index (χ0) is 14.7. The van der Waals surface area contributed by atoms with Gasteiger partial charge in [-0.15, -0.1) is 0 Å². The second-order valence-electron chi connectivity index (χ2n) is 6.01. The molecular formula is C16H22FNO2. The Morgan fingerprint density at radius 1 is 1.40 bits per heavy atom. The first-order chi connectivity index (χ1) is 9.47. The molecule has 0 amide bonds. The van der Waals surface area contributed by atoms with Crippen LogP contribution in [0.25, 0.3) is 0 Å². The van der Waals surface area contributed by atoms with Crippen LogP contribution in [0.15, 0.2) is 18.2 Å². The second kappa shape index (κ2) is 6.25. The Bertz CT molecular complexity index is 487. The molecule has 20 heavy (non-hydrogen) atoms. The number of aromatic carboxylic acids is 1. The third kappa shape index (κ3) is 3.50. The average Bonchev–Trinajstić information content (AvgIpc) is 2.41. The maximum atomic E-state index is 13.8. The van der Waals surface area contributed by atoms with E-state index in [2.05, 4.69) is 19.2 Å². The highest BCUT2D eigenvalue weighted by molar-refractivity contribution is 5.88. The Balaban J connectivity index is 2.09. The topological polar surface area (TPSA) is 49.3 Å². The summed E-state index contributed by atoms with van der Waals surface area (Å²) in [5.41, 5.74) is 0.421. The molecule has 1 aliphatic carbocycles. The van der Waals surface area contributed by atoms with E-state index >= 15 is 0 Å². The molecule has 0 spiro atoms. The van der Waals surface area contributed by atoms with Gasteiger partial charge in [-0.1, -0.05) is 26.7 Å². The summed E-state index contributed by atoms with van der Waals surface area (Å²) in [7, 11) is 0. The highest BCUT2D eigenvalue weighted by Crippen LogP contribution is 2.32. The minimum atomic E-state index is -1.03. The van der Waals surface area contributed by atoms with Crippen molar-refractivity contribution in [3.05, 3.63) is 29.6 Å². The largest absolute Gasteiger partial charge is 0.478 e. The van der Waals surface area contributed by atoms with Gasteiger partial charge in [-0.2, -0.15) is 0 Å². The van der Waals surface area contributed by atoms with Crippen LogP contribution in [0.2, 0.25) is 0 Å². The molecule has 0 aliphatic heterocycles. The van der Waals surface area contributed by atoms with Gasteiger partial charge in [0, 0.05) is 6.04 Å². The van der Waals surface area contributed by atoms with Crippen LogP contribution in [0.4, 0.5) is 10.1 Å². The molecule has 1 aliphatic rings. The Labute approximate surface area is 119 Å². The summed E-state index contributed by atoms with van der Waals surface area (Å²) in [5.74, 6) is -0.125. The van der Waals surface area contributed by atoms with Crippen LogP contribution in [0.1, 0.15) is 49.9 Å². The zero-order valence-corrected chi connectivity index (χ0v) is 12.0. The first kappa shape index (κ1) is 14.8. The predicted molar refractivity (Wildman–Crippen MR) is 77.6 cm³/mol. The van der Waals surface area contributed by atoms with Crippen molar-refractivity contribution >= 4 is 11.7 Å². The molecule has 4 heteroatoms. The van der Waals surface area contributed by atoms with Gasteiger partial charge in [-0.05, 0) is 42.9 Å². The van der Waals surface area contributed by atoms with E-state index < -0.39 is 5.97 Å². The van der Waals surface area contributed by atoms with Crippen molar-refractivity contribution in [2.45, 2.75) is 45.6 Å². The molecule has 0 radical (unpaired) electrons. The Kier molecular flexibility index (Phi) is 4.63. The number of carbonyl (C=O) groups is 1. The summed E-state index contributed by atoms with van der Waals surface area (Å²) in [6, 6.07) is 4.13. The first-order valence-electron chi connectivity index (χ1n) is 7.26. The minimum Gasteiger partial charge on any atom is -0.478 e. The second-order valence-corrected chi connectivity index (χ2v) is 6.01. The van der Waals surface area contributed by atoms with Crippen LogP contribution < -0.4 is 5.32 Å². The van der Waals surface area contributed by atoms with Crippen LogP contribution in [-0.2, 0) is 0 Å².